The summed E-state index contributed by atoms with van der Waals surface area (Å²) in [5, 5.41) is 76.9. The summed E-state index contributed by atoms with van der Waals surface area (Å²) < 4.78 is 0. The van der Waals surface area contributed by atoms with Crippen molar-refractivity contribution in [3.63, 3.8) is 0 Å². The summed E-state index contributed by atoms with van der Waals surface area (Å²) in [6.45, 7) is 1.55. The molecule has 0 aromatic rings. The molecule has 0 heterocycles. The van der Waals surface area contributed by atoms with Gasteiger partial charge in [0.05, 0.1) is 0 Å². The van der Waals surface area contributed by atoms with E-state index in [9.17, 15) is 0 Å². The van der Waals surface area contributed by atoms with Gasteiger partial charge in [-0.1, -0.05) is 23.8 Å². The number of aliphatic hydroxyl groups excluding tert-OH is 9. The van der Waals surface area contributed by atoms with Gasteiger partial charge in [0.25, 0.3) is 0 Å². The Morgan fingerprint density at radius 1 is 0.265 bits per heavy atom. The van der Waals surface area contributed by atoms with Gasteiger partial charge in [-0.2, -0.15) is 0 Å². The lowest BCUT2D eigenvalue weighted by Gasteiger charge is -2.12. The van der Waals surface area contributed by atoms with Gasteiger partial charge in [0, 0.05) is 59.5 Å². The molecule has 34 heavy (non-hydrogen) atoms. The SMILES string of the molecule is OCCP(CCO)CCO.OCCP(CCO)CCO.OCCP(CCO)CCO.OP(O)O. The van der Waals surface area contributed by atoms with E-state index >= 15 is 0 Å². The van der Waals surface area contributed by atoms with Crippen LogP contribution in [0.5, 0.6) is 0 Å². The van der Waals surface area contributed by atoms with Crippen molar-refractivity contribution < 1.29 is 60.6 Å². The van der Waals surface area contributed by atoms with Crippen LogP contribution in [-0.2, 0) is 0 Å². The lowest BCUT2D eigenvalue weighted by Crippen LogP contribution is -2.03. The first-order chi connectivity index (χ1) is 16.3. The van der Waals surface area contributed by atoms with Crippen LogP contribution in [0.25, 0.3) is 0 Å². The molecule has 12 nitrogen and oxygen atoms in total. The highest BCUT2D eigenvalue weighted by Crippen LogP contribution is 2.34. The second kappa shape index (κ2) is 38.8. The number of hydrogen-bond donors (Lipinski definition) is 12. The maximum Gasteiger partial charge on any atom is 0.324 e. The van der Waals surface area contributed by atoms with Gasteiger partial charge in [-0.3, -0.25) is 0 Å². The fourth-order valence-corrected chi connectivity index (χ4v) is 6.84. The highest BCUT2D eigenvalue weighted by atomic mass is 31.2. The minimum Gasteiger partial charge on any atom is -0.396 e. The highest BCUT2D eigenvalue weighted by Gasteiger charge is 2.05. The van der Waals surface area contributed by atoms with Crippen molar-refractivity contribution in [3.8, 4) is 0 Å². The Kier molecular flexibility index (Phi) is 48.3. The summed E-state index contributed by atoms with van der Waals surface area (Å²) >= 11 is 0. The molecule has 0 aromatic heterocycles. The molecule has 0 radical (unpaired) electrons. The van der Waals surface area contributed by atoms with Crippen LogP contribution in [0.1, 0.15) is 0 Å². The van der Waals surface area contributed by atoms with Gasteiger partial charge in [-0.05, 0) is 55.5 Å². The average molecular weight is 580 g/mol. The fraction of sp³-hybridized carbons (Fsp3) is 1.00. The summed E-state index contributed by atoms with van der Waals surface area (Å²) in [6, 6.07) is 0. The van der Waals surface area contributed by atoms with Crippen molar-refractivity contribution in [1.82, 2.24) is 0 Å². The van der Waals surface area contributed by atoms with Gasteiger partial charge in [0.2, 0.25) is 0 Å². The minimum atomic E-state index is -2.62. The van der Waals surface area contributed by atoms with Gasteiger partial charge < -0.3 is 60.6 Å². The molecule has 0 aliphatic rings. The Bertz CT molecular complexity index is 251. The molecule has 0 unspecified atom stereocenters. The molecule has 0 spiro atoms. The summed E-state index contributed by atoms with van der Waals surface area (Å²) in [7, 11) is -3.55. The molecule has 0 aliphatic heterocycles. The second-order valence-corrected chi connectivity index (χ2v) is 14.9. The predicted molar refractivity (Wildman–Crippen MR) is 142 cm³/mol. The first kappa shape index (κ1) is 42.3. The zero-order valence-electron chi connectivity index (χ0n) is 19.9. The Morgan fingerprint density at radius 3 is 0.412 bits per heavy atom. The molecule has 0 amide bonds. The van der Waals surface area contributed by atoms with Gasteiger partial charge >= 0.3 is 8.60 Å². The zero-order valence-corrected chi connectivity index (χ0v) is 23.5. The van der Waals surface area contributed by atoms with Crippen LogP contribution in [0.15, 0.2) is 0 Å². The van der Waals surface area contributed by atoms with Crippen molar-refractivity contribution >= 4 is 32.4 Å². The molecule has 12 N–H and O–H groups in total. The van der Waals surface area contributed by atoms with Gasteiger partial charge in [-0.15, -0.1) is 0 Å². The Hall–Kier alpha value is 1.24. The normalized spacial score (nSPS) is 10.6. The van der Waals surface area contributed by atoms with E-state index in [1.807, 2.05) is 0 Å². The lowest BCUT2D eigenvalue weighted by atomic mass is 10.8. The third-order valence-electron chi connectivity index (χ3n) is 3.75. The maximum absolute atomic E-state index is 8.54. The molecule has 0 aliphatic carbocycles. The predicted octanol–water partition coefficient (Wildman–Crippen LogP) is -2.47. The van der Waals surface area contributed by atoms with Crippen LogP contribution in [0.2, 0.25) is 0 Å². The van der Waals surface area contributed by atoms with Crippen molar-refractivity contribution in [3.05, 3.63) is 0 Å². The molecule has 0 fully saturated rings. The maximum atomic E-state index is 8.54. The monoisotopic (exact) mass is 580 g/mol. The van der Waals surface area contributed by atoms with Crippen LogP contribution in [0.4, 0.5) is 0 Å². The number of hydrogen-bond acceptors (Lipinski definition) is 12. The summed E-state index contributed by atoms with van der Waals surface area (Å²) in [6.07, 6.45) is 6.72. The van der Waals surface area contributed by atoms with Crippen LogP contribution in [-0.4, -0.2) is 176 Å². The number of rotatable bonds is 18. The summed E-state index contributed by atoms with van der Waals surface area (Å²) in [5.74, 6) is 0. The molecule has 0 bridgehead atoms. The van der Waals surface area contributed by atoms with E-state index in [4.69, 9.17) is 60.6 Å². The number of aliphatic hydroxyl groups is 9. The summed E-state index contributed by atoms with van der Waals surface area (Å²) in [5.41, 5.74) is 0. The molecule has 212 valence electrons. The van der Waals surface area contributed by atoms with Gasteiger partial charge in [0.1, 0.15) is 0 Å². The van der Waals surface area contributed by atoms with Crippen LogP contribution < -0.4 is 0 Å². The van der Waals surface area contributed by atoms with Crippen molar-refractivity contribution in [2.24, 2.45) is 0 Å². The van der Waals surface area contributed by atoms with Crippen LogP contribution in [0.3, 0.4) is 0 Å². The van der Waals surface area contributed by atoms with Crippen LogP contribution >= 0.6 is 32.4 Å². The fourth-order valence-electron chi connectivity index (χ4n) is 2.28. The highest BCUT2D eigenvalue weighted by molar-refractivity contribution is 7.58. The largest absolute Gasteiger partial charge is 0.396 e. The van der Waals surface area contributed by atoms with E-state index in [1.54, 1.807) is 0 Å². The molecule has 0 rings (SSSR count). The molecule has 0 saturated carbocycles. The smallest absolute Gasteiger partial charge is 0.324 e. The topological polar surface area (TPSA) is 243 Å². The van der Waals surface area contributed by atoms with E-state index < -0.39 is 8.60 Å². The zero-order chi connectivity index (χ0) is 27.0. The molecule has 0 saturated heterocycles. The van der Waals surface area contributed by atoms with E-state index in [2.05, 4.69) is 0 Å². The summed E-state index contributed by atoms with van der Waals surface area (Å²) in [4.78, 5) is 21.7. The lowest BCUT2D eigenvalue weighted by molar-refractivity contribution is 0.309. The van der Waals surface area contributed by atoms with Gasteiger partial charge in [0.15, 0.2) is 0 Å². The third-order valence-corrected chi connectivity index (χ3v) is 11.2. The van der Waals surface area contributed by atoms with E-state index in [0.717, 1.165) is 55.5 Å². The second-order valence-electron chi connectivity index (χ2n) is 6.31. The van der Waals surface area contributed by atoms with E-state index in [0.29, 0.717) is 0 Å². The van der Waals surface area contributed by atoms with Crippen LogP contribution in [0, 0.1) is 0 Å². The Labute approximate surface area is 208 Å². The molecule has 0 atom stereocenters. The van der Waals surface area contributed by atoms with Crippen molar-refractivity contribution in [1.29, 1.82) is 0 Å². The Balaban J connectivity index is -0.000000184. The average Bonchev–Trinajstić information content (AvgIpc) is 2.76. The van der Waals surface area contributed by atoms with E-state index in [1.165, 1.54) is 0 Å². The van der Waals surface area contributed by atoms with Crippen molar-refractivity contribution in [2.45, 2.75) is 0 Å². The molecule has 16 heteroatoms. The quantitative estimate of drug-likeness (QED) is 0.0755. The molecule has 0 aromatic carbocycles. The molecular weight excluding hydrogens is 532 g/mol. The molecular formula is C18H48O12P4. The standard InChI is InChI=1S/3C6H15O3P.H3O3P/c3*7-1-4-10(5-2-8)6-3-9;1-4(2)3/h3*7-9H,1-6H2;1-3H. The Morgan fingerprint density at radius 2 is 0.353 bits per heavy atom. The third kappa shape index (κ3) is 43.3. The first-order valence-electron chi connectivity index (χ1n) is 10.8. The van der Waals surface area contributed by atoms with Crippen molar-refractivity contribution in [2.75, 3.05) is 115 Å². The first-order valence-corrected chi connectivity index (χ1v) is 17.7. The minimum absolute atomic E-state index is 0.172. The van der Waals surface area contributed by atoms with E-state index in [-0.39, 0.29) is 83.2 Å². The van der Waals surface area contributed by atoms with Gasteiger partial charge in [-0.25, -0.2) is 0 Å².